The van der Waals surface area contributed by atoms with E-state index in [-0.39, 0.29) is 30.1 Å². The lowest BCUT2D eigenvalue weighted by atomic mass is 10.1. The number of β-amino-alcohol motifs (C(OH)–C–C–N with tert-alkyl or cyclic N) is 1. The Labute approximate surface area is 128 Å². The molecule has 0 spiro atoms. The summed E-state index contributed by atoms with van der Waals surface area (Å²) in [5.41, 5.74) is 0. The molecule has 1 rings (SSSR count). The minimum atomic E-state index is -0.186. The van der Waals surface area contributed by atoms with Gasteiger partial charge in [-0.1, -0.05) is 13.8 Å². The van der Waals surface area contributed by atoms with Crippen LogP contribution >= 0.6 is 24.0 Å². The molecule has 4 nitrogen and oxygen atoms in total. The van der Waals surface area contributed by atoms with Gasteiger partial charge in [-0.15, -0.1) is 24.0 Å². The topological polar surface area (TPSA) is 47.9 Å². The van der Waals surface area contributed by atoms with Crippen molar-refractivity contribution in [3.8, 4) is 0 Å². The maximum atomic E-state index is 9.54. The second kappa shape index (κ2) is 9.83. The van der Waals surface area contributed by atoms with Gasteiger partial charge in [-0.25, -0.2) is 0 Å². The fourth-order valence-corrected chi connectivity index (χ4v) is 2.04. The summed E-state index contributed by atoms with van der Waals surface area (Å²) in [6.07, 6.45) is 3.04. The second-order valence-corrected chi connectivity index (χ2v) is 5.16. The van der Waals surface area contributed by atoms with Crippen LogP contribution in [-0.4, -0.2) is 48.2 Å². The van der Waals surface area contributed by atoms with E-state index < -0.39 is 0 Å². The predicted molar refractivity (Wildman–Crippen MR) is 87.7 cm³/mol. The Morgan fingerprint density at radius 1 is 1.50 bits per heavy atom. The third-order valence-electron chi connectivity index (χ3n) is 3.00. The van der Waals surface area contributed by atoms with Gasteiger partial charge in [0.1, 0.15) is 0 Å². The summed E-state index contributed by atoms with van der Waals surface area (Å²) in [5.74, 6) is 1.72. The molecule has 1 aliphatic heterocycles. The second-order valence-electron chi connectivity index (χ2n) is 5.16. The van der Waals surface area contributed by atoms with Crippen LogP contribution in [0.4, 0.5) is 0 Å². The van der Waals surface area contributed by atoms with E-state index in [0.717, 1.165) is 50.9 Å². The number of guanidine groups is 1. The van der Waals surface area contributed by atoms with Crippen molar-refractivity contribution >= 4 is 29.9 Å². The highest BCUT2D eigenvalue weighted by Gasteiger charge is 2.22. The van der Waals surface area contributed by atoms with E-state index in [1.807, 2.05) is 0 Å². The number of aliphatic hydroxyl groups is 1. The van der Waals surface area contributed by atoms with E-state index in [1.54, 1.807) is 0 Å². The zero-order valence-electron chi connectivity index (χ0n) is 11.9. The van der Waals surface area contributed by atoms with Crippen molar-refractivity contribution in [3.05, 3.63) is 0 Å². The first kappa shape index (κ1) is 18.0. The van der Waals surface area contributed by atoms with Crippen LogP contribution < -0.4 is 5.32 Å². The van der Waals surface area contributed by atoms with Crippen molar-refractivity contribution in [3.63, 3.8) is 0 Å². The number of likely N-dealkylation sites (tertiary alicyclic amines) is 1. The lowest BCUT2D eigenvalue weighted by Crippen LogP contribution is -2.40. The molecule has 1 atom stereocenters. The lowest BCUT2D eigenvalue weighted by Gasteiger charge is -2.20. The van der Waals surface area contributed by atoms with Gasteiger partial charge in [-0.3, -0.25) is 4.99 Å². The molecule has 108 valence electrons. The number of halogens is 1. The Bertz CT molecular complexity index is 246. The van der Waals surface area contributed by atoms with Crippen LogP contribution in [0.15, 0.2) is 4.99 Å². The number of nitrogens with zero attached hydrogens (tertiary/aromatic N) is 2. The van der Waals surface area contributed by atoms with Gasteiger partial charge in [-0.05, 0) is 32.1 Å². The summed E-state index contributed by atoms with van der Waals surface area (Å²) in [6.45, 7) is 9.96. The molecule has 0 unspecified atom stereocenters. The molecule has 1 aliphatic rings. The van der Waals surface area contributed by atoms with E-state index in [2.05, 4.69) is 36.0 Å². The standard InChI is InChI=1S/C13H27N3O.HI/c1-4-14-13(15-8-5-6-11(2)3)16-9-7-12(17)10-16;/h11-12,17H,4-10H2,1-3H3,(H,14,15);1H/t12-;/m1./s1. The fourth-order valence-electron chi connectivity index (χ4n) is 2.04. The monoisotopic (exact) mass is 369 g/mol. The van der Waals surface area contributed by atoms with Crippen molar-refractivity contribution in [1.82, 2.24) is 10.2 Å². The third kappa shape index (κ3) is 6.78. The molecule has 0 radical (unpaired) electrons. The number of aliphatic hydroxyl groups excluding tert-OH is 1. The molecule has 2 N–H and O–H groups in total. The van der Waals surface area contributed by atoms with E-state index in [1.165, 1.54) is 6.42 Å². The van der Waals surface area contributed by atoms with Crippen LogP contribution in [0.1, 0.15) is 40.0 Å². The largest absolute Gasteiger partial charge is 0.391 e. The highest BCUT2D eigenvalue weighted by atomic mass is 127. The van der Waals surface area contributed by atoms with Gasteiger partial charge in [0, 0.05) is 26.2 Å². The first-order chi connectivity index (χ1) is 8.13. The average molecular weight is 369 g/mol. The van der Waals surface area contributed by atoms with Gasteiger partial charge in [0.05, 0.1) is 6.10 Å². The Morgan fingerprint density at radius 2 is 2.22 bits per heavy atom. The van der Waals surface area contributed by atoms with E-state index in [0.29, 0.717) is 0 Å². The maximum Gasteiger partial charge on any atom is 0.194 e. The maximum absolute atomic E-state index is 9.54. The summed E-state index contributed by atoms with van der Waals surface area (Å²) in [4.78, 5) is 6.78. The lowest BCUT2D eigenvalue weighted by molar-refractivity contribution is 0.188. The fraction of sp³-hybridized carbons (Fsp3) is 0.923. The molecule has 0 amide bonds. The minimum absolute atomic E-state index is 0. The van der Waals surface area contributed by atoms with E-state index >= 15 is 0 Å². The van der Waals surface area contributed by atoms with Crippen molar-refractivity contribution in [1.29, 1.82) is 0 Å². The Morgan fingerprint density at radius 3 is 2.72 bits per heavy atom. The molecule has 1 heterocycles. The van der Waals surface area contributed by atoms with Crippen LogP contribution in [0.2, 0.25) is 0 Å². The molecule has 18 heavy (non-hydrogen) atoms. The molecule has 0 aromatic carbocycles. The van der Waals surface area contributed by atoms with Crippen molar-refractivity contribution in [2.45, 2.75) is 46.1 Å². The highest BCUT2D eigenvalue weighted by molar-refractivity contribution is 14.0. The number of aliphatic imine (C=N–C) groups is 1. The Hall–Kier alpha value is -0.0400. The molecular weight excluding hydrogens is 341 g/mol. The SMILES string of the molecule is CCNC(=NCCCC(C)C)N1CC[C@@H](O)C1.I. The molecule has 0 aliphatic carbocycles. The average Bonchev–Trinajstić information content (AvgIpc) is 2.69. The first-order valence-electron chi connectivity index (χ1n) is 6.84. The smallest absolute Gasteiger partial charge is 0.194 e. The first-order valence-corrected chi connectivity index (χ1v) is 6.84. The van der Waals surface area contributed by atoms with Crippen molar-refractivity contribution in [2.75, 3.05) is 26.2 Å². The summed E-state index contributed by atoms with van der Waals surface area (Å²) >= 11 is 0. The number of hydrogen-bond acceptors (Lipinski definition) is 2. The number of nitrogens with one attached hydrogen (secondary N) is 1. The minimum Gasteiger partial charge on any atom is -0.391 e. The van der Waals surface area contributed by atoms with Crippen LogP contribution in [0.5, 0.6) is 0 Å². The predicted octanol–water partition coefficient (Wildman–Crippen LogP) is 2.07. The van der Waals surface area contributed by atoms with Crippen molar-refractivity contribution < 1.29 is 5.11 Å². The molecule has 1 saturated heterocycles. The third-order valence-corrected chi connectivity index (χ3v) is 3.00. The van der Waals surface area contributed by atoms with Crippen LogP contribution in [0.3, 0.4) is 0 Å². The summed E-state index contributed by atoms with van der Waals surface area (Å²) in [6, 6.07) is 0. The molecule has 0 bridgehead atoms. The molecule has 1 fully saturated rings. The van der Waals surface area contributed by atoms with Gasteiger partial charge < -0.3 is 15.3 Å². The van der Waals surface area contributed by atoms with Gasteiger partial charge in [-0.2, -0.15) is 0 Å². The normalized spacial score (nSPS) is 20.2. The van der Waals surface area contributed by atoms with Crippen molar-refractivity contribution in [2.24, 2.45) is 10.9 Å². The zero-order valence-corrected chi connectivity index (χ0v) is 14.2. The van der Waals surface area contributed by atoms with E-state index in [4.69, 9.17) is 0 Å². The van der Waals surface area contributed by atoms with Crippen LogP contribution in [0, 0.1) is 5.92 Å². The van der Waals surface area contributed by atoms with Gasteiger partial charge >= 0.3 is 0 Å². The van der Waals surface area contributed by atoms with Gasteiger partial charge in [0.25, 0.3) is 0 Å². The zero-order chi connectivity index (χ0) is 12.7. The van der Waals surface area contributed by atoms with E-state index in [9.17, 15) is 5.11 Å². The number of rotatable bonds is 5. The molecule has 0 aromatic rings. The summed E-state index contributed by atoms with van der Waals surface area (Å²) in [7, 11) is 0. The Balaban J connectivity index is 0.00000289. The quantitative estimate of drug-likeness (QED) is 0.338. The van der Waals surface area contributed by atoms with Gasteiger partial charge in [0.15, 0.2) is 5.96 Å². The van der Waals surface area contributed by atoms with Crippen LogP contribution in [-0.2, 0) is 0 Å². The molecule has 5 heteroatoms. The molecule has 0 saturated carbocycles. The number of hydrogen-bond donors (Lipinski definition) is 2. The van der Waals surface area contributed by atoms with Gasteiger partial charge in [0.2, 0.25) is 0 Å². The van der Waals surface area contributed by atoms with Crippen LogP contribution in [0.25, 0.3) is 0 Å². The Kier molecular flexibility index (Phi) is 9.81. The summed E-state index contributed by atoms with van der Waals surface area (Å²) in [5, 5.41) is 12.8. The highest BCUT2D eigenvalue weighted by Crippen LogP contribution is 2.09. The molecular formula is C13H28IN3O. The molecule has 0 aromatic heterocycles. The summed E-state index contributed by atoms with van der Waals surface area (Å²) < 4.78 is 0.